The molecule has 5 rings (SSSR count). The van der Waals surface area contributed by atoms with E-state index in [1.807, 2.05) is 101 Å². The van der Waals surface area contributed by atoms with E-state index in [4.69, 9.17) is 19.2 Å². The second-order valence-corrected chi connectivity index (χ2v) is 11.6. The van der Waals surface area contributed by atoms with Crippen LogP contribution in [0.5, 0.6) is 11.8 Å². The molecular formula is C35H40N4O4. The molecule has 0 spiro atoms. The zero-order valence-electron chi connectivity index (χ0n) is 25.4. The van der Waals surface area contributed by atoms with Crippen LogP contribution in [0.4, 0.5) is 21.9 Å². The Bertz CT molecular complexity index is 1480. The highest BCUT2D eigenvalue weighted by Gasteiger charge is 2.26. The number of hydrogen-bond acceptors (Lipinski definition) is 7. The summed E-state index contributed by atoms with van der Waals surface area (Å²) in [5, 5.41) is 0. The fourth-order valence-electron chi connectivity index (χ4n) is 4.83. The van der Waals surface area contributed by atoms with Crippen molar-refractivity contribution in [3.05, 3.63) is 108 Å². The minimum absolute atomic E-state index is 0.257. The molecule has 3 aromatic carbocycles. The number of aromatic nitrogens is 1. The van der Waals surface area contributed by atoms with Gasteiger partial charge >= 0.3 is 6.09 Å². The Morgan fingerprint density at radius 2 is 1.42 bits per heavy atom. The Balaban J connectivity index is 1.31. The van der Waals surface area contributed by atoms with Crippen LogP contribution in [-0.4, -0.2) is 54.8 Å². The third-order valence-corrected chi connectivity index (χ3v) is 7.14. The van der Waals surface area contributed by atoms with Crippen molar-refractivity contribution in [1.82, 2.24) is 9.88 Å². The summed E-state index contributed by atoms with van der Waals surface area (Å²) in [5.74, 6) is 0.994. The van der Waals surface area contributed by atoms with Gasteiger partial charge in [0.1, 0.15) is 24.5 Å². The molecule has 0 unspecified atom stereocenters. The van der Waals surface area contributed by atoms with E-state index in [1.54, 1.807) is 4.90 Å². The van der Waals surface area contributed by atoms with Crippen molar-refractivity contribution in [3.63, 3.8) is 0 Å². The summed E-state index contributed by atoms with van der Waals surface area (Å²) in [4.78, 5) is 23.4. The number of nitrogens with zero attached hydrogens (tertiary/aromatic N) is 4. The lowest BCUT2D eigenvalue weighted by Crippen LogP contribution is -2.50. The van der Waals surface area contributed by atoms with E-state index >= 15 is 0 Å². The van der Waals surface area contributed by atoms with Crippen molar-refractivity contribution in [3.8, 4) is 11.8 Å². The Morgan fingerprint density at radius 1 is 0.791 bits per heavy atom. The molecule has 1 aliphatic rings. The number of pyridine rings is 1. The Labute approximate surface area is 254 Å². The third kappa shape index (κ3) is 8.19. The van der Waals surface area contributed by atoms with E-state index < -0.39 is 5.60 Å². The van der Waals surface area contributed by atoms with Crippen molar-refractivity contribution in [2.24, 2.45) is 0 Å². The van der Waals surface area contributed by atoms with Crippen LogP contribution >= 0.6 is 0 Å². The summed E-state index contributed by atoms with van der Waals surface area (Å²) in [6, 6.07) is 32.3. The van der Waals surface area contributed by atoms with E-state index in [9.17, 15) is 4.79 Å². The summed E-state index contributed by atoms with van der Waals surface area (Å²) in [5.41, 5.74) is 4.54. The second kappa shape index (κ2) is 13.5. The number of benzene rings is 3. The van der Waals surface area contributed by atoms with Crippen LogP contribution in [0.15, 0.2) is 97.1 Å². The topological polar surface area (TPSA) is 67.4 Å². The predicted molar refractivity (Wildman–Crippen MR) is 170 cm³/mol. The number of hydrogen-bond donors (Lipinski definition) is 0. The highest BCUT2D eigenvalue weighted by atomic mass is 16.6. The molecule has 43 heavy (non-hydrogen) atoms. The van der Waals surface area contributed by atoms with Crippen molar-refractivity contribution < 1.29 is 19.0 Å². The van der Waals surface area contributed by atoms with Crippen molar-refractivity contribution in [2.75, 3.05) is 43.0 Å². The summed E-state index contributed by atoms with van der Waals surface area (Å²) >= 11 is 0. The Morgan fingerprint density at radius 3 is 2.05 bits per heavy atom. The molecular weight excluding hydrogens is 540 g/mol. The SMILES string of the molecule is CN(c1cccc(N2CCN(C(=O)OC(C)(C)C)CC2)c1)c1ccc(OCc2ccccc2)nc1OCc1ccccc1. The molecule has 4 aromatic rings. The van der Waals surface area contributed by atoms with Gasteiger partial charge in [-0.25, -0.2) is 4.79 Å². The highest BCUT2D eigenvalue weighted by molar-refractivity contribution is 5.71. The normalized spacial score (nSPS) is 13.4. The van der Waals surface area contributed by atoms with Crippen LogP contribution < -0.4 is 19.3 Å². The van der Waals surface area contributed by atoms with Gasteiger partial charge in [0.15, 0.2) is 0 Å². The van der Waals surface area contributed by atoms with E-state index in [0.29, 0.717) is 38.1 Å². The fourth-order valence-corrected chi connectivity index (χ4v) is 4.83. The van der Waals surface area contributed by atoms with Gasteiger partial charge in [-0.1, -0.05) is 66.7 Å². The molecule has 1 saturated heterocycles. The van der Waals surface area contributed by atoms with Gasteiger partial charge < -0.3 is 28.9 Å². The average molecular weight is 581 g/mol. The zero-order valence-corrected chi connectivity index (χ0v) is 25.4. The number of rotatable bonds is 9. The summed E-state index contributed by atoms with van der Waals surface area (Å²) in [6.45, 7) is 9.16. The van der Waals surface area contributed by atoms with E-state index in [1.165, 1.54) is 0 Å². The minimum atomic E-state index is -0.502. The monoisotopic (exact) mass is 580 g/mol. The molecule has 1 aliphatic heterocycles. The van der Waals surface area contributed by atoms with Crippen molar-refractivity contribution in [2.45, 2.75) is 39.6 Å². The van der Waals surface area contributed by atoms with Gasteiger partial charge in [-0.2, -0.15) is 4.98 Å². The molecule has 0 atom stereocenters. The average Bonchev–Trinajstić information content (AvgIpc) is 3.03. The van der Waals surface area contributed by atoms with Crippen LogP contribution in [0, 0.1) is 0 Å². The summed E-state index contributed by atoms with van der Waals surface area (Å²) < 4.78 is 17.9. The van der Waals surface area contributed by atoms with Crippen LogP contribution in [0.3, 0.4) is 0 Å². The van der Waals surface area contributed by atoms with E-state index in [-0.39, 0.29) is 6.09 Å². The predicted octanol–water partition coefficient (Wildman–Crippen LogP) is 7.06. The number of carbonyl (C=O) groups is 1. The van der Waals surface area contributed by atoms with Gasteiger partial charge in [-0.05, 0) is 56.2 Å². The molecule has 0 N–H and O–H groups in total. The van der Waals surface area contributed by atoms with Gasteiger partial charge in [0.2, 0.25) is 11.8 Å². The first-order chi connectivity index (χ1) is 20.7. The number of ether oxygens (including phenoxy) is 3. The number of anilines is 3. The smallest absolute Gasteiger partial charge is 0.410 e. The van der Waals surface area contributed by atoms with Crippen LogP contribution in [-0.2, 0) is 18.0 Å². The molecule has 8 nitrogen and oxygen atoms in total. The molecule has 0 radical (unpaired) electrons. The lowest BCUT2D eigenvalue weighted by molar-refractivity contribution is 0.0240. The maximum Gasteiger partial charge on any atom is 0.410 e. The Kier molecular flexibility index (Phi) is 9.35. The molecule has 1 amide bonds. The minimum Gasteiger partial charge on any atom is -0.473 e. The van der Waals surface area contributed by atoms with Gasteiger partial charge in [0.25, 0.3) is 0 Å². The zero-order chi connectivity index (χ0) is 30.2. The second-order valence-electron chi connectivity index (χ2n) is 11.6. The molecule has 1 aromatic heterocycles. The number of piperazine rings is 1. The largest absolute Gasteiger partial charge is 0.473 e. The molecule has 2 heterocycles. The first-order valence-electron chi connectivity index (χ1n) is 14.7. The van der Waals surface area contributed by atoms with Gasteiger partial charge in [0.05, 0.1) is 0 Å². The van der Waals surface area contributed by atoms with Crippen molar-refractivity contribution in [1.29, 1.82) is 0 Å². The number of carbonyl (C=O) groups excluding carboxylic acids is 1. The van der Waals surface area contributed by atoms with Crippen LogP contribution in [0.25, 0.3) is 0 Å². The summed E-state index contributed by atoms with van der Waals surface area (Å²) in [7, 11) is 2.01. The molecule has 224 valence electrons. The Hall–Kier alpha value is -4.72. The summed E-state index contributed by atoms with van der Waals surface area (Å²) in [6.07, 6.45) is -0.257. The fraction of sp³-hybridized carbons (Fsp3) is 0.314. The van der Waals surface area contributed by atoms with Gasteiger partial charge in [-0.3, -0.25) is 0 Å². The molecule has 0 bridgehead atoms. The third-order valence-electron chi connectivity index (χ3n) is 7.14. The van der Waals surface area contributed by atoms with Crippen molar-refractivity contribution >= 4 is 23.2 Å². The van der Waals surface area contributed by atoms with Gasteiger partial charge in [0, 0.05) is 50.7 Å². The van der Waals surface area contributed by atoms with E-state index in [2.05, 4.69) is 34.1 Å². The number of amides is 1. The van der Waals surface area contributed by atoms with E-state index in [0.717, 1.165) is 41.3 Å². The first kappa shape index (κ1) is 29.8. The maximum absolute atomic E-state index is 12.5. The first-order valence-corrected chi connectivity index (χ1v) is 14.7. The van der Waals surface area contributed by atoms with Crippen LogP contribution in [0.2, 0.25) is 0 Å². The lowest BCUT2D eigenvalue weighted by atomic mass is 10.2. The molecule has 0 aliphatic carbocycles. The molecule has 8 heteroatoms. The van der Waals surface area contributed by atoms with Gasteiger partial charge in [-0.15, -0.1) is 0 Å². The lowest BCUT2D eigenvalue weighted by Gasteiger charge is -2.37. The molecule has 0 saturated carbocycles. The highest BCUT2D eigenvalue weighted by Crippen LogP contribution is 2.35. The molecule has 1 fully saturated rings. The quantitative estimate of drug-likeness (QED) is 0.210. The maximum atomic E-state index is 12.5. The van der Waals surface area contributed by atoms with Crippen LogP contribution in [0.1, 0.15) is 31.9 Å². The standard InChI is InChI=1S/C35H40N4O4/c1-35(2,3)43-34(40)39-22-20-38(21-23-39)30-17-11-16-29(24-30)37(4)31-18-19-32(41-25-27-12-7-5-8-13-27)36-33(31)42-26-28-14-9-6-10-15-28/h5-19,24H,20-23,25-26H2,1-4H3.